The van der Waals surface area contributed by atoms with Gasteiger partial charge in [-0.05, 0) is 64.8 Å². The molecule has 0 fully saturated rings. The molecular weight excluding hydrogens is 412 g/mol. The summed E-state index contributed by atoms with van der Waals surface area (Å²) in [5.41, 5.74) is 4.72. The van der Waals surface area contributed by atoms with Crippen molar-refractivity contribution < 1.29 is 19.1 Å². The Hall–Kier alpha value is -3.19. The van der Waals surface area contributed by atoms with Crippen molar-refractivity contribution in [1.82, 2.24) is 5.43 Å². The summed E-state index contributed by atoms with van der Waals surface area (Å²) in [6, 6.07) is 15.3. The van der Waals surface area contributed by atoms with E-state index < -0.39 is 5.97 Å². The maximum atomic E-state index is 12.1. The molecule has 0 aliphatic carbocycles. The van der Waals surface area contributed by atoms with Gasteiger partial charge >= 0.3 is 5.97 Å². The van der Waals surface area contributed by atoms with Crippen LogP contribution in [0.2, 0.25) is 0 Å². The third-order valence-electron chi connectivity index (χ3n) is 3.84. The number of hydrogen-bond acceptors (Lipinski definition) is 4. The maximum absolute atomic E-state index is 12.1. The van der Waals surface area contributed by atoms with E-state index in [1.807, 2.05) is 13.0 Å². The van der Waals surface area contributed by atoms with Gasteiger partial charge in [-0.2, -0.15) is 5.10 Å². The van der Waals surface area contributed by atoms with Crippen LogP contribution in [0.5, 0.6) is 0 Å². The highest BCUT2D eigenvalue weighted by atomic mass is 79.9. The normalized spacial score (nSPS) is 10.9. The van der Waals surface area contributed by atoms with E-state index in [9.17, 15) is 9.59 Å². The Morgan fingerprint density at radius 1 is 1.15 bits per heavy atom. The van der Waals surface area contributed by atoms with Crippen molar-refractivity contribution in [3.05, 3.63) is 81.5 Å². The Morgan fingerprint density at radius 3 is 2.63 bits per heavy atom. The number of carboxylic acids is 1. The van der Waals surface area contributed by atoms with E-state index in [0.717, 1.165) is 11.1 Å². The standard InChI is InChI=1S/C20H15BrN2O4/c1-12-10-13(20(25)26)6-8-15(12)18-9-7-14(27-18)11-22-23-19(24)16-4-2-3-5-17(16)21/h2-11H,1H3,(H,23,24)(H,25,26). The SMILES string of the molecule is Cc1cc(C(=O)O)ccc1-c1ccc(C=NNC(=O)c2ccccc2Br)o1. The number of furan rings is 1. The molecule has 3 rings (SSSR count). The molecule has 3 aromatic rings. The van der Waals surface area contributed by atoms with Crippen LogP contribution in [-0.4, -0.2) is 23.2 Å². The molecular formula is C20H15BrN2O4. The second kappa shape index (κ2) is 8.01. The van der Waals surface area contributed by atoms with Gasteiger partial charge in [0.1, 0.15) is 11.5 Å². The lowest BCUT2D eigenvalue weighted by Gasteiger charge is -2.04. The molecule has 0 aliphatic heterocycles. The number of rotatable bonds is 5. The molecule has 0 saturated heterocycles. The molecule has 2 N–H and O–H groups in total. The lowest BCUT2D eigenvalue weighted by atomic mass is 10.0. The Bertz CT molecular complexity index is 1040. The molecule has 136 valence electrons. The van der Waals surface area contributed by atoms with Gasteiger partial charge in [-0.15, -0.1) is 0 Å². The van der Waals surface area contributed by atoms with E-state index >= 15 is 0 Å². The lowest BCUT2D eigenvalue weighted by molar-refractivity contribution is 0.0696. The number of nitrogens with zero attached hydrogens (tertiary/aromatic N) is 1. The predicted molar refractivity (Wildman–Crippen MR) is 105 cm³/mol. The molecule has 0 saturated carbocycles. The number of carbonyl (C=O) groups excluding carboxylic acids is 1. The van der Waals surface area contributed by atoms with Crippen LogP contribution >= 0.6 is 15.9 Å². The van der Waals surface area contributed by atoms with Crippen LogP contribution in [0.3, 0.4) is 0 Å². The second-order valence-electron chi connectivity index (χ2n) is 5.72. The Labute approximate surface area is 163 Å². The van der Waals surface area contributed by atoms with E-state index in [1.165, 1.54) is 12.3 Å². The van der Waals surface area contributed by atoms with Crippen LogP contribution in [0.25, 0.3) is 11.3 Å². The third kappa shape index (κ3) is 4.32. The Balaban J connectivity index is 1.71. The molecule has 0 radical (unpaired) electrons. The Kier molecular flexibility index (Phi) is 5.52. The lowest BCUT2D eigenvalue weighted by Crippen LogP contribution is -2.17. The summed E-state index contributed by atoms with van der Waals surface area (Å²) < 4.78 is 6.38. The van der Waals surface area contributed by atoms with Crippen LogP contribution in [-0.2, 0) is 0 Å². The van der Waals surface area contributed by atoms with Gasteiger partial charge in [-0.3, -0.25) is 4.79 Å². The van der Waals surface area contributed by atoms with E-state index in [-0.39, 0.29) is 11.5 Å². The topological polar surface area (TPSA) is 91.9 Å². The summed E-state index contributed by atoms with van der Waals surface area (Å²) in [6.45, 7) is 1.82. The molecule has 27 heavy (non-hydrogen) atoms. The number of carboxylic acid groups (broad SMARTS) is 1. The minimum atomic E-state index is -0.974. The molecule has 1 heterocycles. The summed E-state index contributed by atoms with van der Waals surface area (Å²) in [7, 11) is 0. The first-order valence-electron chi connectivity index (χ1n) is 7.98. The summed E-state index contributed by atoms with van der Waals surface area (Å²) >= 11 is 3.32. The quantitative estimate of drug-likeness (QED) is 0.464. The van der Waals surface area contributed by atoms with Crippen LogP contribution in [0, 0.1) is 6.92 Å². The molecule has 0 unspecified atom stereocenters. The zero-order chi connectivity index (χ0) is 19.4. The number of hydrazone groups is 1. The van der Waals surface area contributed by atoms with E-state index in [2.05, 4.69) is 26.5 Å². The molecule has 1 aromatic heterocycles. The molecule has 7 heteroatoms. The van der Waals surface area contributed by atoms with E-state index in [1.54, 1.807) is 42.5 Å². The van der Waals surface area contributed by atoms with Crippen molar-refractivity contribution in [2.75, 3.05) is 0 Å². The smallest absolute Gasteiger partial charge is 0.335 e. The van der Waals surface area contributed by atoms with Crippen LogP contribution in [0.4, 0.5) is 0 Å². The minimum absolute atomic E-state index is 0.222. The maximum Gasteiger partial charge on any atom is 0.335 e. The van der Waals surface area contributed by atoms with Crippen LogP contribution < -0.4 is 5.43 Å². The average molecular weight is 427 g/mol. The number of aromatic carboxylic acids is 1. The van der Waals surface area contributed by atoms with Crippen molar-refractivity contribution in [2.24, 2.45) is 5.10 Å². The van der Waals surface area contributed by atoms with Crippen molar-refractivity contribution in [3.8, 4) is 11.3 Å². The largest absolute Gasteiger partial charge is 0.478 e. The Morgan fingerprint density at radius 2 is 1.93 bits per heavy atom. The van der Waals surface area contributed by atoms with Gasteiger partial charge < -0.3 is 9.52 Å². The monoisotopic (exact) mass is 426 g/mol. The van der Waals surface area contributed by atoms with E-state index in [4.69, 9.17) is 9.52 Å². The zero-order valence-electron chi connectivity index (χ0n) is 14.3. The molecule has 0 bridgehead atoms. The number of nitrogens with one attached hydrogen (secondary N) is 1. The predicted octanol–water partition coefficient (Wildman–Crippen LogP) is 4.48. The first kappa shape index (κ1) is 18.6. The van der Waals surface area contributed by atoms with Crippen LogP contribution in [0.1, 0.15) is 32.0 Å². The first-order chi connectivity index (χ1) is 13.0. The fraction of sp³-hybridized carbons (Fsp3) is 0.0500. The molecule has 2 aromatic carbocycles. The molecule has 0 atom stereocenters. The van der Waals surface area contributed by atoms with Gasteiger partial charge in [0.25, 0.3) is 5.91 Å². The number of hydrogen-bond donors (Lipinski definition) is 2. The van der Waals surface area contributed by atoms with Crippen molar-refractivity contribution in [3.63, 3.8) is 0 Å². The number of benzene rings is 2. The first-order valence-corrected chi connectivity index (χ1v) is 8.77. The molecule has 0 aliphatic rings. The fourth-order valence-corrected chi connectivity index (χ4v) is 2.97. The number of carbonyl (C=O) groups is 2. The average Bonchev–Trinajstić information content (AvgIpc) is 3.10. The fourth-order valence-electron chi connectivity index (χ4n) is 2.50. The van der Waals surface area contributed by atoms with Crippen molar-refractivity contribution in [1.29, 1.82) is 0 Å². The number of halogens is 1. The summed E-state index contributed by atoms with van der Waals surface area (Å²) in [5, 5.41) is 12.9. The van der Waals surface area contributed by atoms with Crippen molar-refractivity contribution >= 4 is 34.0 Å². The summed E-state index contributed by atoms with van der Waals surface area (Å²) in [6.07, 6.45) is 1.40. The van der Waals surface area contributed by atoms with E-state index in [0.29, 0.717) is 21.6 Å². The highest BCUT2D eigenvalue weighted by molar-refractivity contribution is 9.10. The zero-order valence-corrected chi connectivity index (χ0v) is 15.9. The number of amides is 1. The summed E-state index contributed by atoms with van der Waals surface area (Å²) in [5.74, 6) is -0.273. The molecule has 6 nitrogen and oxygen atoms in total. The molecule has 0 spiro atoms. The second-order valence-corrected chi connectivity index (χ2v) is 6.57. The van der Waals surface area contributed by atoms with Gasteiger partial charge in [-0.25, -0.2) is 10.2 Å². The molecule has 1 amide bonds. The van der Waals surface area contributed by atoms with Gasteiger partial charge in [0.2, 0.25) is 0 Å². The third-order valence-corrected chi connectivity index (χ3v) is 4.53. The van der Waals surface area contributed by atoms with Crippen molar-refractivity contribution in [2.45, 2.75) is 6.92 Å². The van der Waals surface area contributed by atoms with Gasteiger partial charge in [0.15, 0.2) is 0 Å². The van der Waals surface area contributed by atoms with Gasteiger partial charge in [0, 0.05) is 10.0 Å². The van der Waals surface area contributed by atoms with Crippen LogP contribution in [0.15, 0.2) is 68.6 Å². The van der Waals surface area contributed by atoms with Gasteiger partial charge in [0.05, 0.1) is 17.3 Å². The number of aryl methyl sites for hydroxylation is 1. The van der Waals surface area contributed by atoms with Gasteiger partial charge in [-0.1, -0.05) is 18.2 Å². The highest BCUT2D eigenvalue weighted by Gasteiger charge is 2.11. The minimum Gasteiger partial charge on any atom is -0.478 e. The highest BCUT2D eigenvalue weighted by Crippen LogP contribution is 2.26. The summed E-state index contributed by atoms with van der Waals surface area (Å²) in [4.78, 5) is 23.1.